The molecule has 18 heavy (non-hydrogen) atoms. The Labute approximate surface area is 107 Å². The van der Waals surface area contributed by atoms with Crippen molar-refractivity contribution in [2.24, 2.45) is 5.92 Å². The Morgan fingerprint density at radius 1 is 1.33 bits per heavy atom. The van der Waals surface area contributed by atoms with Crippen LogP contribution >= 0.6 is 0 Å². The van der Waals surface area contributed by atoms with Crippen molar-refractivity contribution < 1.29 is 19.7 Å². The van der Waals surface area contributed by atoms with Crippen molar-refractivity contribution in [2.45, 2.75) is 32.3 Å². The van der Waals surface area contributed by atoms with E-state index in [0.29, 0.717) is 6.42 Å². The van der Waals surface area contributed by atoms with E-state index in [1.165, 1.54) is 5.57 Å². The molecule has 0 aliphatic heterocycles. The smallest absolute Gasteiger partial charge is 0.185 e. The van der Waals surface area contributed by atoms with Crippen molar-refractivity contribution in [1.82, 2.24) is 0 Å². The van der Waals surface area contributed by atoms with E-state index in [9.17, 15) is 0 Å². The number of fused-ring (bicyclic) bond motifs is 1. The van der Waals surface area contributed by atoms with E-state index < -0.39 is 0 Å². The van der Waals surface area contributed by atoms with Crippen LogP contribution in [0, 0.1) is 5.92 Å². The van der Waals surface area contributed by atoms with Crippen molar-refractivity contribution in [3.8, 4) is 0 Å². The Bertz CT molecular complexity index is 381. The molecule has 4 nitrogen and oxygen atoms in total. The van der Waals surface area contributed by atoms with Gasteiger partial charge in [0, 0.05) is 12.3 Å². The van der Waals surface area contributed by atoms with E-state index in [4.69, 9.17) is 19.7 Å². The summed E-state index contributed by atoms with van der Waals surface area (Å²) in [7, 11) is 0. The summed E-state index contributed by atoms with van der Waals surface area (Å²) in [5.74, 6) is 1.07. The largest absolute Gasteiger partial charge is 0.472 e. The molecule has 0 radical (unpaired) electrons. The zero-order chi connectivity index (χ0) is 13.0. The lowest BCUT2D eigenvalue weighted by molar-refractivity contribution is -0.0587. The molecule has 4 heteroatoms. The van der Waals surface area contributed by atoms with Crippen LogP contribution in [0.15, 0.2) is 35.1 Å². The van der Waals surface area contributed by atoms with E-state index in [-0.39, 0.29) is 25.6 Å². The first-order valence-electron chi connectivity index (χ1n) is 6.30. The third-order valence-corrected chi connectivity index (χ3v) is 3.66. The highest BCUT2D eigenvalue weighted by Crippen LogP contribution is 2.41. The first-order chi connectivity index (χ1) is 8.81. The van der Waals surface area contributed by atoms with Crippen LogP contribution < -0.4 is 0 Å². The van der Waals surface area contributed by atoms with Gasteiger partial charge in [-0.3, -0.25) is 0 Å². The summed E-state index contributed by atoms with van der Waals surface area (Å²) in [4.78, 5) is 0. The van der Waals surface area contributed by atoms with Crippen molar-refractivity contribution >= 4 is 0 Å². The monoisotopic (exact) mass is 252 g/mol. The van der Waals surface area contributed by atoms with Gasteiger partial charge in [0.2, 0.25) is 0 Å². The summed E-state index contributed by atoms with van der Waals surface area (Å²) in [5, 5.41) is 18.0. The molecule has 2 N–H and O–H groups in total. The lowest BCUT2D eigenvalue weighted by atomic mass is 9.75. The van der Waals surface area contributed by atoms with E-state index in [0.717, 1.165) is 24.2 Å². The van der Waals surface area contributed by atoms with Crippen molar-refractivity contribution in [2.75, 3.05) is 13.6 Å². The molecular weight excluding hydrogens is 232 g/mol. The average Bonchev–Trinajstić information content (AvgIpc) is 2.41. The van der Waals surface area contributed by atoms with E-state index >= 15 is 0 Å². The average molecular weight is 252 g/mol. The molecule has 2 aliphatic carbocycles. The highest BCUT2D eigenvalue weighted by molar-refractivity contribution is 5.34. The third kappa shape index (κ3) is 2.51. The second-order valence-electron chi connectivity index (χ2n) is 4.50. The second-order valence-corrected chi connectivity index (χ2v) is 4.50. The number of ether oxygens (including phenoxy) is 2. The summed E-state index contributed by atoms with van der Waals surface area (Å²) in [6, 6.07) is 0. The van der Waals surface area contributed by atoms with Crippen LogP contribution in [0.1, 0.15) is 26.2 Å². The van der Waals surface area contributed by atoms with E-state index in [1.54, 1.807) is 0 Å². The number of aliphatic hydroxyl groups excluding tert-OH is 2. The molecule has 0 fully saturated rings. The van der Waals surface area contributed by atoms with Crippen molar-refractivity contribution in [3.63, 3.8) is 0 Å². The lowest BCUT2D eigenvalue weighted by Crippen LogP contribution is -2.34. The maximum absolute atomic E-state index is 9.04. The second kappa shape index (κ2) is 6.18. The summed E-state index contributed by atoms with van der Waals surface area (Å²) >= 11 is 0. The molecule has 0 saturated heterocycles. The maximum Gasteiger partial charge on any atom is 0.185 e. The van der Waals surface area contributed by atoms with Gasteiger partial charge >= 0.3 is 0 Å². The van der Waals surface area contributed by atoms with Gasteiger partial charge in [-0.2, -0.15) is 0 Å². The highest BCUT2D eigenvalue weighted by Gasteiger charge is 2.36. The quantitative estimate of drug-likeness (QED) is 0.592. The maximum atomic E-state index is 9.04. The normalized spacial score (nSPS) is 29.6. The molecule has 0 aromatic carbocycles. The highest BCUT2D eigenvalue weighted by atomic mass is 16.6. The minimum atomic E-state index is -0.294. The van der Waals surface area contributed by atoms with Gasteiger partial charge in [0.25, 0.3) is 0 Å². The molecule has 0 heterocycles. The zero-order valence-corrected chi connectivity index (χ0v) is 10.6. The van der Waals surface area contributed by atoms with Gasteiger partial charge in [-0.25, -0.2) is 0 Å². The van der Waals surface area contributed by atoms with Crippen LogP contribution in [0.2, 0.25) is 0 Å². The zero-order valence-electron chi connectivity index (χ0n) is 10.6. The fraction of sp³-hybridized carbons (Fsp3) is 0.571. The van der Waals surface area contributed by atoms with Gasteiger partial charge in [0.05, 0.1) is 6.10 Å². The Balaban J connectivity index is 2.33. The molecule has 0 amide bonds. The van der Waals surface area contributed by atoms with Crippen LogP contribution in [0.5, 0.6) is 0 Å². The predicted octanol–water partition coefficient (Wildman–Crippen LogP) is 1.86. The van der Waals surface area contributed by atoms with Gasteiger partial charge < -0.3 is 19.7 Å². The van der Waals surface area contributed by atoms with Crippen molar-refractivity contribution in [1.29, 1.82) is 0 Å². The van der Waals surface area contributed by atoms with Gasteiger partial charge in [0.15, 0.2) is 6.79 Å². The van der Waals surface area contributed by atoms with Gasteiger partial charge in [-0.15, -0.1) is 0 Å². The molecule has 2 unspecified atom stereocenters. The predicted molar refractivity (Wildman–Crippen MR) is 67.4 cm³/mol. The standard InChI is InChI=1S/C14H20O4/c1-2-10-7-13(17-8-15)11-5-3-4-6-12(11)14(10)18-9-16/h2-4,12,14-16H,5-9H2,1H3. The topological polar surface area (TPSA) is 58.9 Å². The number of hydrogen-bond acceptors (Lipinski definition) is 4. The van der Waals surface area contributed by atoms with Crippen LogP contribution in [-0.4, -0.2) is 29.9 Å². The number of rotatable bonds is 4. The minimum Gasteiger partial charge on any atom is -0.472 e. The summed E-state index contributed by atoms with van der Waals surface area (Å²) in [6.45, 7) is 1.40. The van der Waals surface area contributed by atoms with Crippen molar-refractivity contribution in [3.05, 3.63) is 35.1 Å². The minimum absolute atomic E-state index is 0.0778. The SMILES string of the molecule is CC=C1CC(OCO)=C2CC=CCC2C1OCO. The molecule has 0 saturated carbocycles. The molecule has 100 valence electrons. The molecule has 2 aliphatic rings. The Morgan fingerprint density at radius 3 is 2.83 bits per heavy atom. The summed E-state index contributed by atoms with van der Waals surface area (Å²) in [6.07, 6.45) is 8.56. The molecule has 0 aromatic heterocycles. The number of aliphatic hydroxyl groups is 2. The molecule has 0 spiro atoms. The Morgan fingerprint density at radius 2 is 2.17 bits per heavy atom. The van der Waals surface area contributed by atoms with Crippen LogP contribution in [0.25, 0.3) is 0 Å². The fourth-order valence-corrected chi connectivity index (χ4v) is 2.82. The van der Waals surface area contributed by atoms with Crippen LogP contribution in [0.4, 0.5) is 0 Å². The fourth-order valence-electron chi connectivity index (χ4n) is 2.82. The van der Waals surface area contributed by atoms with E-state index in [2.05, 4.69) is 12.2 Å². The third-order valence-electron chi connectivity index (χ3n) is 3.66. The van der Waals surface area contributed by atoms with E-state index in [1.807, 2.05) is 13.0 Å². The Kier molecular flexibility index (Phi) is 4.58. The molecule has 2 rings (SSSR count). The first-order valence-corrected chi connectivity index (χ1v) is 6.30. The molecule has 0 aromatic rings. The first kappa shape index (κ1) is 13.3. The van der Waals surface area contributed by atoms with Crippen LogP contribution in [0.3, 0.4) is 0 Å². The molecule has 2 atom stereocenters. The summed E-state index contributed by atoms with van der Waals surface area (Å²) in [5.41, 5.74) is 2.30. The number of hydrogen-bond donors (Lipinski definition) is 2. The van der Waals surface area contributed by atoms with Gasteiger partial charge in [-0.1, -0.05) is 18.2 Å². The molecular formula is C14H20O4. The molecule has 0 bridgehead atoms. The Hall–Kier alpha value is -1.10. The van der Waals surface area contributed by atoms with Crippen LogP contribution in [-0.2, 0) is 9.47 Å². The number of allylic oxidation sites excluding steroid dienone is 4. The van der Waals surface area contributed by atoms with Gasteiger partial charge in [0.1, 0.15) is 12.6 Å². The summed E-state index contributed by atoms with van der Waals surface area (Å²) < 4.78 is 10.8. The van der Waals surface area contributed by atoms with Gasteiger partial charge in [-0.05, 0) is 30.9 Å². The lowest BCUT2D eigenvalue weighted by Gasteiger charge is -2.37.